The number of aliphatic imine (C=N–C) groups is 1. The van der Waals surface area contributed by atoms with Gasteiger partial charge in [-0.3, -0.25) is 9.69 Å². The fourth-order valence-corrected chi connectivity index (χ4v) is 2.56. The van der Waals surface area contributed by atoms with Gasteiger partial charge in [0.2, 0.25) is 5.91 Å². The average molecular weight is 423 g/mol. The van der Waals surface area contributed by atoms with Crippen LogP contribution in [0.2, 0.25) is 0 Å². The van der Waals surface area contributed by atoms with E-state index in [4.69, 9.17) is 0 Å². The molecule has 1 aliphatic carbocycles. The number of guanidine groups is 1. The molecule has 1 unspecified atom stereocenters. The maximum absolute atomic E-state index is 11.7. The Bertz CT molecular complexity index is 395. The highest BCUT2D eigenvalue weighted by atomic mass is 127. The Labute approximate surface area is 151 Å². The molecule has 0 bridgehead atoms. The van der Waals surface area contributed by atoms with Crippen LogP contribution in [0.5, 0.6) is 0 Å². The number of carbonyl (C=O) groups is 1. The fraction of sp³-hybridized carbons (Fsp3) is 0.867. The monoisotopic (exact) mass is 423 g/mol. The molecular weight excluding hydrogens is 393 g/mol. The van der Waals surface area contributed by atoms with Crippen molar-refractivity contribution in [2.24, 2.45) is 4.99 Å². The summed E-state index contributed by atoms with van der Waals surface area (Å²) in [5, 5.41) is 6.79. The van der Waals surface area contributed by atoms with E-state index in [1.54, 1.807) is 19.0 Å². The third-order valence-electron chi connectivity index (χ3n) is 3.92. The average Bonchev–Trinajstić information content (AvgIpc) is 3.15. The first kappa shape index (κ1) is 19.5. The smallest absolute Gasteiger partial charge is 0.243 e. The molecule has 128 valence electrons. The lowest BCUT2D eigenvalue weighted by Gasteiger charge is -2.20. The summed E-state index contributed by atoms with van der Waals surface area (Å²) >= 11 is 0. The van der Waals surface area contributed by atoms with Gasteiger partial charge in [-0.15, -0.1) is 24.0 Å². The van der Waals surface area contributed by atoms with Crippen LogP contribution in [0.1, 0.15) is 33.1 Å². The van der Waals surface area contributed by atoms with Crippen LogP contribution in [0, 0.1) is 0 Å². The van der Waals surface area contributed by atoms with E-state index in [1.165, 1.54) is 19.4 Å². The Morgan fingerprint density at radius 1 is 1.32 bits per heavy atom. The molecule has 1 saturated carbocycles. The first-order valence-electron chi connectivity index (χ1n) is 7.97. The van der Waals surface area contributed by atoms with Crippen molar-refractivity contribution in [3.63, 3.8) is 0 Å². The van der Waals surface area contributed by atoms with Crippen LogP contribution in [0.3, 0.4) is 0 Å². The number of nitrogens with zero attached hydrogens (tertiary/aromatic N) is 3. The minimum Gasteiger partial charge on any atom is -0.354 e. The van der Waals surface area contributed by atoms with Gasteiger partial charge >= 0.3 is 0 Å². The van der Waals surface area contributed by atoms with Gasteiger partial charge in [0, 0.05) is 45.3 Å². The van der Waals surface area contributed by atoms with Gasteiger partial charge in [0.05, 0.1) is 0 Å². The van der Waals surface area contributed by atoms with Crippen LogP contribution in [0.15, 0.2) is 4.99 Å². The number of hydrogen-bond acceptors (Lipinski definition) is 3. The molecule has 0 aromatic carbocycles. The number of rotatable bonds is 5. The van der Waals surface area contributed by atoms with Crippen molar-refractivity contribution in [3.05, 3.63) is 0 Å². The van der Waals surface area contributed by atoms with Gasteiger partial charge in [-0.25, -0.2) is 4.99 Å². The first-order valence-corrected chi connectivity index (χ1v) is 7.97. The third kappa shape index (κ3) is 6.28. The molecule has 2 fully saturated rings. The van der Waals surface area contributed by atoms with Crippen LogP contribution in [0.25, 0.3) is 0 Å². The molecule has 1 amide bonds. The zero-order chi connectivity index (χ0) is 15.4. The molecule has 0 spiro atoms. The SMILES string of the molecule is CC(C)NC(=NCC(=O)N(C)C)NC1CCN(C2CC2)C1.I. The van der Waals surface area contributed by atoms with E-state index >= 15 is 0 Å². The van der Waals surface area contributed by atoms with Crippen LogP contribution in [-0.4, -0.2) is 73.5 Å². The summed E-state index contributed by atoms with van der Waals surface area (Å²) in [5.41, 5.74) is 0. The Morgan fingerprint density at radius 3 is 2.55 bits per heavy atom. The summed E-state index contributed by atoms with van der Waals surface area (Å²) in [6, 6.07) is 1.56. The molecule has 22 heavy (non-hydrogen) atoms. The molecule has 7 heteroatoms. The Kier molecular flexibility index (Phi) is 7.88. The number of amides is 1. The highest BCUT2D eigenvalue weighted by molar-refractivity contribution is 14.0. The van der Waals surface area contributed by atoms with E-state index in [1.807, 2.05) is 0 Å². The topological polar surface area (TPSA) is 60.0 Å². The summed E-state index contributed by atoms with van der Waals surface area (Å²) in [7, 11) is 3.51. The van der Waals surface area contributed by atoms with Gasteiger partial charge in [-0.1, -0.05) is 0 Å². The maximum Gasteiger partial charge on any atom is 0.243 e. The largest absolute Gasteiger partial charge is 0.354 e. The maximum atomic E-state index is 11.7. The molecule has 0 aromatic rings. The van der Waals surface area contributed by atoms with Crippen molar-refractivity contribution in [2.75, 3.05) is 33.7 Å². The number of nitrogens with one attached hydrogen (secondary N) is 2. The molecule has 1 saturated heterocycles. The number of likely N-dealkylation sites (tertiary alicyclic amines) is 1. The van der Waals surface area contributed by atoms with Gasteiger partial charge in [0.25, 0.3) is 0 Å². The van der Waals surface area contributed by atoms with E-state index in [-0.39, 0.29) is 36.4 Å². The highest BCUT2D eigenvalue weighted by Crippen LogP contribution is 2.29. The second kappa shape index (κ2) is 8.90. The quantitative estimate of drug-likeness (QED) is 0.392. The summed E-state index contributed by atoms with van der Waals surface area (Å²) < 4.78 is 0. The first-order chi connectivity index (χ1) is 9.95. The minimum absolute atomic E-state index is 0. The zero-order valence-corrected chi connectivity index (χ0v) is 16.5. The van der Waals surface area contributed by atoms with Crippen molar-refractivity contribution in [2.45, 2.75) is 51.2 Å². The molecule has 1 aliphatic heterocycles. The minimum atomic E-state index is 0. The lowest BCUT2D eigenvalue weighted by atomic mass is 10.3. The van der Waals surface area contributed by atoms with E-state index in [0.717, 1.165) is 25.0 Å². The molecule has 0 aromatic heterocycles. The van der Waals surface area contributed by atoms with Crippen molar-refractivity contribution >= 4 is 35.8 Å². The zero-order valence-electron chi connectivity index (χ0n) is 14.1. The molecular formula is C15H30IN5O. The second-order valence-electron chi connectivity index (χ2n) is 6.61. The van der Waals surface area contributed by atoms with Crippen LogP contribution in [0.4, 0.5) is 0 Å². The summed E-state index contributed by atoms with van der Waals surface area (Å²) in [4.78, 5) is 20.2. The number of likely N-dealkylation sites (N-methyl/N-ethyl adjacent to an activating group) is 1. The molecule has 1 atom stereocenters. The van der Waals surface area contributed by atoms with Crippen molar-refractivity contribution in [1.82, 2.24) is 20.4 Å². The Morgan fingerprint density at radius 2 is 2.00 bits per heavy atom. The predicted molar refractivity (Wildman–Crippen MR) is 101 cm³/mol. The molecule has 1 heterocycles. The third-order valence-corrected chi connectivity index (χ3v) is 3.92. The molecule has 2 N–H and O–H groups in total. The Balaban J connectivity index is 0.00000242. The summed E-state index contributed by atoms with van der Waals surface area (Å²) in [5.74, 6) is 0.772. The van der Waals surface area contributed by atoms with Gasteiger partial charge in [-0.05, 0) is 33.1 Å². The Hall–Kier alpha value is -0.570. The molecule has 0 radical (unpaired) electrons. The standard InChI is InChI=1S/C15H29N5O.HI/c1-11(2)17-15(16-9-14(21)19(3)4)18-12-7-8-20(10-12)13-5-6-13;/h11-13H,5-10H2,1-4H3,(H2,16,17,18);1H. The van der Waals surface area contributed by atoms with Crippen molar-refractivity contribution in [3.8, 4) is 0 Å². The lowest BCUT2D eigenvalue weighted by Crippen LogP contribution is -2.47. The number of halogens is 1. The summed E-state index contributed by atoms with van der Waals surface area (Å²) in [6.07, 6.45) is 3.86. The van der Waals surface area contributed by atoms with Gasteiger partial charge in [-0.2, -0.15) is 0 Å². The molecule has 6 nitrogen and oxygen atoms in total. The van der Waals surface area contributed by atoms with Crippen LogP contribution in [-0.2, 0) is 4.79 Å². The van der Waals surface area contributed by atoms with E-state index in [0.29, 0.717) is 12.1 Å². The number of hydrogen-bond donors (Lipinski definition) is 2. The molecule has 2 rings (SSSR count). The second-order valence-corrected chi connectivity index (χ2v) is 6.61. The predicted octanol–water partition coefficient (Wildman–Crippen LogP) is 0.873. The van der Waals surface area contributed by atoms with Crippen LogP contribution < -0.4 is 10.6 Å². The summed E-state index contributed by atoms with van der Waals surface area (Å²) in [6.45, 7) is 6.61. The molecule has 2 aliphatic rings. The normalized spacial score (nSPS) is 22.4. The van der Waals surface area contributed by atoms with Crippen molar-refractivity contribution in [1.29, 1.82) is 0 Å². The van der Waals surface area contributed by atoms with Crippen molar-refractivity contribution < 1.29 is 4.79 Å². The van der Waals surface area contributed by atoms with Gasteiger partial charge in [0.15, 0.2) is 5.96 Å². The highest BCUT2D eigenvalue weighted by Gasteiger charge is 2.34. The van der Waals surface area contributed by atoms with Gasteiger partial charge in [0.1, 0.15) is 6.54 Å². The lowest BCUT2D eigenvalue weighted by molar-refractivity contribution is -0.127. The van der Waals surface area contributed by atoms with E-state index in [9.17, 15) is 4.79 Å². The van der Waals surface area contributed by atoms with Crippen LogP contribution >= 0.6 is 24.0 Å². The fourth-order valence-electron chi connectivity index (χ4n) is 2.56. The van der Waals surface area contributed by atoms with E-state index in [2.05, 4.69) is 34.4 Å². The van der Waals surface area contributed by atoms with Gasteiger partial charge < -0.3 is 15.5 Å². The van der Waals surface area contributed by atoms with E-state index < -0.39 is 0 Å². The number of carbonyl (C=O) groups excluding carboxylic acids is 1.